The van der Waals surface area contributed by atoms with Crippen LogP contribution >= 0.6 is 0 Å². The highest BCUT2D eigenvalue weighted by Crippen LogP contribution is 2.09. The number of rotatable bonds is 5. The predicted octanol–water partition coefficient (Wildman–Crippen LogP) is 0.333. The second-order valence-corrected chi connectivity index (χ2v) is 4.33. The summed E-state index contributed by atoms with van der Waals surface area (Å²) < 4.78 is 4.67. The monoisotopic (exact) mass is 257 g/mol. The van der Waals surface area contributed by atoms with Crippen molar-refractivity contribution in [3.8, 4) is 0 Å². The Morgan fingerprint density at radius 1 is 1.44 bits per heavy atom. The molecule has 6 heteroatoms. The molecule has 2 amide bonds. The van der Waals surface area contributed by atoms with Crippen LogP contribution < -0.4 is 10.6 Å². The van der Waals surface area contributed by atoms with Gasteiger partial charge in [0.2, 0.25) is 5.91 Å². The van der Waals surface area contributed by atoms with Gasteiger partial charge in [0.25, 0.3) is 0 Å². The summed E-state index contributed by atoms with van der Waals surface area (Å²) in [6.07, 6.45) is 1.55. The molecular weight excluding hydrogens is 234 g/mol. The van der Waals surface area contributed by atoms with E-state index in [9.17, 15) is 9.59 Å². The lowest BCUT2D eigenvalue weighted by atomic mass is 10.1. The first kappa shape index (κ1) is 14.9. The zero-order valence-corrected chi connectivity index (χ0v) is 11.2. The number of ether oxygens (including phenoxy) is 1. The summed E-state index contributed by atoms with van der Waals surface area (Å²) in [5, 5.41) is 5.54. The number of alkyl carbamates (subject to hydrolysis) is 1. The van der Waals surface area contributed by atoms with Crippen molar-refractivity contribution in [1.29, 1.82) is 0 Å². The van der Waals surface area contributed by atoms with E-state index in [0.717, 1.165) is 32.5 Å². The third kappa shape index (κ3) is 5.01. The minimum atomic E-state index is -0.666. The van der Waals surface area contributed by atoms with Gasteiger partial charge in [-0.05, 0) is 32.9 Å². The van der Waals surface area contributed by atoms with Gasteiger partial charge in [-0.25, -0.2) is 4.79 Å². The molecule has 1 aliphatic rings. The van der Waals surface area contributed by atoms with Crippen molar-refractivity contribution in [3.63, 3.8) is 0 Å². The third-order valence-electron chi connectivity index (χ3n) is 3.06. The lowest BCUT2D eigenvalue weighted by Crippen LogP contribution is -2.50. The standard InChI is InChI=1S/C12H23N3O3/c1-3-15(10-6-5-7-13-8-10)9-11(16)14-12(17)18-4-2/h10,13H,3-9H2,1-2H3,(H,14,16,17). The molecule has 0 aromatic carbocycles. The molecule has 0 bridgehead atoms. The molecular formula is C12H23N3O3. The molecule has 0 saturated carbocycles. The number of carbonyl (C=O) groups is 2. The first-order valence-electron chi connectivity index (χ1n) is 6.58. The highest BCUT2D eigenvalue weighted by atomic mass is 16.5. The van der Waals surface area contributed by atoms with Gasteiger partial charge in [0, 0.05) is 12.6 Å². The van der Waals surface area contributed by atoms with E-state index in [1.165, 1.54) is 0 Å². The van der Waals surface area contributed by atoms with Crippen molar-refractivity contribution < 1.29 is 14.3 Å². The van der Waals surface area contributed by atoms with E-state index < -0.39 is 6.09 Å². The molecule has 0 aromatic rings. The second-order valence-electron chi connectivity index (χ2n) is 4.33. The molecule has 1 heterocycles. The predicted molar refractivity (Wildman–Crippen MR) is 68.3 cm³/mol. The molecule has 0 aliphatic carbocycles. The highest BCUT2D eigenvalue weighted by Gasteiger charge is 2.22. The topological polar surface area (TPSA) is 70.7 Å². The third-order valence-corrected chi connectivity index (χ3v) is 3.06. The smallest absolute Gasteiger partial charge is 0.413 e. The molecule has 104 valence electrons. The molecule has 6 nitrogen and oxygen atoms in total. The molecule has 1 atom stereocenters. The second kappa shape index (κ2) is 8.05. The number of imide groups is 1. The maximum Gasteiger partial charge on any atom is 0.413 e. The molecule has 0 radical (unpaired) electrons. The Hall–Kier alpha value is -1.14. The van der Waals surface area contributed by atoms with E-state index >= 15 is 0 Å². The van der Waals surface area contributed by atoms with E-state index in [1.807, 2.05) is 6.92 Å². The minimum Gasteiger partial charge on any atom is -0.450 e. The van der Waals surface area contributed by atoms with E-state index in [0.29, 0.717) is 6.04 Å². The largest absolute Gasteiger partial charge is 0.450 e. The number of nitrogens with one attached hydrogen (secondary N) is 2. The van der Waals surface area contributed by atoms with Gasteiger partial charge in [0.1, 0.15) is 0 Å². The van der Waals surface area contributed by atoms with Crippen molar-refractivity contribution in [1.82, 2.24) is 15.5 Å². The summed E-state index contributed by atoms with van der Waals surface area (Å²) in [4.78, 5) is 24.9. The molecule has 1 fully saturated rings. The Balaban J connectivity index is 2.37. The van der Waals surface area contributed by atoms with Gasteiger partial charge in [-0.2, -0.15) is 0 Å². The van der Waals surface area contributed by atoms with E-state index in [4.69, 9.17) is 0 Å². The lowest BCUT2D eigenvalue weighted by Gasteiger charge is -2.33. The van der Waals surface area contributed by atoms with Crippen LogP contribution in [0.4, 0.5) is 4.79 Å². The average molecular weight is 257 g/mol. The fraction of sp³-hybridized carbons (Fsp3) is 0.833. The Morgan fingerprint density at radius 2 is 2.22 bits per heavy atom. The maximum atomic E-state index is 11.7. The normalized spacial score (nSPS) is 19.6. The number of carbonyl (C=O) groups excluding carboxylic acids is 2. The quantitative estimate of drug-likeness (QED) is 0.743. The molecule has 1 aliphatic heterocycles. The Morgan fingerprint density at radius 3 is 2.78 bits per heavy atom. The van der Waals surface area contributed by atoms with Crippen LogP contribution in [-0.2, 0) is 9.53 Å². The number of hydrogen-bond acceptors (Lipinski definition) is 5. The Kier molecular flexibility index (Phi) is 6.67. The summed E-state index contributed by atoms with van der Waals surface area (Å²) in [5.41, 5.74) is 0. The number of nitrogens with zero attached hydrogens (tertiary/aromatic N) is 1. The van der Waals surface area contributed by atoms with Crippen LogP contribution in [0.3, 0.4) is 0 Å². The fourth-order valence-electron chi connectivity index (χ4n) is 2.15. The SMILES string of the molecule is CCOC(=O)NC(=O)CN(CC)C1CCCNC1. The lowest BCUT2D eigenvalue weighted by molar-refractivity contribution is -0.122. The minimum absolute atomic E-state index is 0.238. The number of likely N-dealkylation sites (N-methyl/N-ethyl adjacent to an activating group) is 1. The zero-order valence-electron chi connectivity index (χ0n) is 11.2. The Labute approximate surface area is 108 Å². The first-order valence-corrected chi connectivity index (χ1v) is 6.58. The Bertz CT molecular complexity index is 278. The van der Waals surface area contributed by atoms with Crippen LogP contribution in [0.25, 0.3) is 0 Å². The van der Waals surface area contributed by atoms with Gasteiger partial charge < -0.3 is 10.1 Å². The van der Waals surface area contributed by atoms with Crippen molar-refractivity contribution in [2.75, 3.05) is 32.8 Å². The van der Waals surface area contributed by atoms with Gasteiger partial charge in [-0.3, -0.25) is 15.0 Å². The van der Waals surface area contributed by atoms with Gasteiger partial charge in [0.05, 0.1) is 13.2 Å². The van der Waals surface area contributed by atoms with Gasteiger partial charge in [-0.15, -0.1) is 0 Å². The summed E-state index contributed by atoms with van der Waals surface area (Å²) in [7, 11) is 0. The first-order chi connectivity index (χ1) is 8.67. The average Bonchev–Trinajstić information content (AvgIpc) is 2.37. The fourth-order valence-corrected chi connectivity index (χ4v) is 2.15. The van der Waals surface area contributed by atoms with Crippen LogP contribution in [0, 0.1) is 0 Å². The molecule has 0 aromatic heterocycles. The summed E-state index contributed by atoms with van der Waals surface area (Å²) in [6.45, 7) is 6.97. The number of amides is 2. The van der Waals surface area contributed by atoms with Crippen LogP contribution in [0.2, 0.25) is 0 Å². The van der Waals surface area contributed by atoms with Crippen molar-refractivity contribution in [3.05, 3.63) is 0 Å². The maximum absolute atomic E-state index is 11.7. The summed E-state index contributed by atoms with van der Waals surface area (Å²) in [6, 6.07) is 0.372. The van der Waals surface area contributed by atoms with Crippen LogP contribution in [0.5, 0.6) is 0 Å². The van der Waals surface area contributed by atoms with Gasteiger partial charge >= 0.3 is 6.09 Å². The molecule has 0 spiro atoms. The molecule has 18 heavy (non-hydrogen) atoms. The number of hydrogen-bond donors (Lipinski definition) is 2. The molecule has 1 unspecified atom stereocenters. The van der Waals surface area contributed by atoms with Crippen molar-refractivity contribution in [2.24, 2.45) is 0 Å². The van der Waals surface area contributed by atoms with E-state index in [2.05, 4.69) is 20.3 Å². The van der Waals surface area contributed by atoms with Crippen LogP contribution in [-0.4, -0.2) is 55.7 Å². The molecule has 2 N–H and O–H groups in total. The number of piperidine rings is 1. The molecule has 1 rings (SSSR count). The summed E-state index contributed by atoms with van der Waals surface area (Å²) in [5.74, 6) is -0.305. The highest BCUT2D eigenvalue weighted by molar-refractivity contribution is 5.92. The van der Waals surface area contributed by atoms with E-state index in [-0.39, 0.29) is 19.1 Å². The van der Waals surface area contributed by atoms with E-state index in [1.54, 1.807) is 6.92 Å². The molecule has 1 saturated heterocycles. The van der Waals surface area contributed by atoms with Gasteiger partial charge in [0.15, 0.2) is 0 Å². The summed E-state index contributed by atoms with van der Waals surface area (Å²) >= 11 is 0. The van der Waals surface area contributed by atoms with Crippen LogP contribution in [0.15, 0.2) is 0 Å². The zero-order chi connectivity index (χ0) is 13.4. The van der Waals surface area contributed by atoms with Crippen LogP contribution in [0.1, 0.15) is 26.7 Å². The van der Waals surface area contributed by atoms with Crippen molar-refractivity contribution >= 4 is 12.0 Å². The van der Waals surface area contributed by atoms with Gasteiger partial charge in [-0.1, -0.05) is 6.92 Å². The van der Waals surface area contributed by atoms with Crippen molar-refractivity contribution in [2.45, 2.75) is 32.7 Å².